The highest BCUT2D eigenvalue weighted by Crippen LogP contribution is 2.23. The molecule has 1 aliphatic heterocycles. The molecule has 4 nitrogen and oxygen atoms in total. The van der Waals surface area contributed by atoms with Crippen LogP contribution in [0.15, 0.2) is 0 Å². The Morgan fingerprint density at radius 3 is 2.62 bits per heavy atom. The van der Waals surface area contributed by atoms with Gasteiger partial charge < -0.3 is 9.80 Å². The van der Waals surface area contributed by atoms with Gasteiger partial charge in [-0.3, -0.25) is 9.59 Å². The molecule has 0 bridgehead atoms. The molecule has 5 heteroatoms. The summed E-state index contributed by atoms with van der Waals surface area (Å²) in [6, 6.07) is -0.268. The number of carbonyl (C=O) groups is 2. The molecule has 1 aliphatic rings. The van der Waals surface area contributed by atoms with Gasteiger partial charge in [-0.1, -0.05) is 29.5 Å². The van der Waals surface area contributed by atoms with Crippen molar-refractivity contribution >= 4 is 34.4 Å². The normalized spacial score (nSPS) is 22.4. The van der Waals surface area contributed by atoms with E-state index in [9.17, 15) is 9.59 Å². The third kappa shape index (κ3) is 2.87. The highest BCUT2D eigenvalue weighted by atomic mass is 127. The van der Waals surface area contributed by atoms with Gasteiger partial charge in [0.1, 0.15) is 6.04 Å². The molecule has 0 radical (unpaired) electrons. The maximum absolute atomic E-state index is 11.9. The molecule has 1 fully saturated rings. The van der Waals surface area contributed by atoms with Crippen LogP contribution in [-0.2, 0) is 9.59 Å². The van der Waals surface area contributed by atoms with Crippen LogP contribution in [0.2, 0.25) is 0 Å². The third-order valence-electron chi connectivity index (χ3n) is 2.95. The molecule has 0 N–H and O–H groups in total. The van der Waals surface area contributed by atoms with Gasteiger partial charge in [-0.05, 0) is 12.3 Å². The van der Waals surface area contributed by atoms with Crippen molar-refractivity contribution in [2.24, 2.45) is 5.92 Å². The first-order valence-electron chi connectivity index (χ1n) is 5.57. The van der Waals surface area contributed by atoms with Crippen molar-refractivity contribution < 1.29 is 9.59 Å². The average molecular weight is 338 g/mol. The van der Waals surface area contributed by atoms with Crippen LogP contribution in [0.3, 0.4) is 0 Å². The summed E-state index contributed by atoms with van der Waals surface area (Å²) in [7, 11) is 3.47. The molecule has 0 aromatic heterocycles. The third-order valence-corrected chi connectivity index (χ3v) is 4.19. The van der Waals surface area contributed by atoms with E-state index in [1.54, 1.807) is 23.9 Å². The number of hydrogen-bond donors (Lipinski definition) is 0. The molecule has 0 aliphatic carbocycles. The molecule has 0 aromatic carbocycles. The zero-order valence-electron chi connectivity index (χ0n) is 10.1. The molecule has 0 spiro atoms. The first kappa shape index (κ1) is 13.7. The van der Waals surface area contributed by atoms with Gasteiger partial charge in [-0.25, -0.2) is 0 Å². The van der Waals surface area contributed by atoms with Crippen LogP contribution in [0.4, 0.5) is 0 Å². The van der Waals surface area contributed by atoms with Crippen molar-refractivity contribution in [1.82, 2.24) is 9.80 Å². The van der Waals surface area contributed by atoms with Gasteiger partial charge in [-0.2, -0.15) is 0 Å². The summed E-state index contributed by atoms with van der Waals surface area (Å²) >= 11 is 2.30. The minimum Gasteiger partial charge on any atom is -0.347 e. The van der Waals surface area contributed by atoms with E-state index < -0.39 is 0 Å². The zero-order chi connectivity index (χ0) is 12.3. The summed E-state index contributed by atoms with van der Waals surface area (Å²) in [6.45, 7) is 2.69. The summed E-state index contributed by atoms with van der Waals surface area (Å²) < 4.78 is 0.979. The lowest BCUT2D eigenvalue weighted by Crippen LogP contribution is -2.46. The summed E-state index contributed by atoms with van der Waals surface area (Å²) in [4.78, 5) is 27.1. The van der Waals surface area contributed by atoms with E-state index in [1.165, 1.54) is 0 Å². The number of hydrogen-bond acceptors (Lipinski definition) is 2. The smallest absolute Gasteiger partial charge is 0.244 e. The van der Waals surface area contributed by atoms with Crippen molar-refractivity contribution in [2.45, 2.75) is 25.8 Å². The topological polar surface area (TPSA) is 40.6 Å². The predicted molar refractivity (Wildman–Crippen MR) is 71.5 cm³/mol. The van der Waals surface area contributed by atoms with Crippen LogP contribution in [0, 0.1) is 5.92 Å². The van der Waals surface area contributed by atoms with Gasteiger partial charge in [0, 0.05) is 31.5 Å². The first-order valence-corrected chi connectivity index (χ1v) is 7.10. The van der Waals surface area contributed by atoms with E-state index in [1.807, 2.05) is 6.92 Å². The van der Waals surface area contributed by atoms with E-state index in [2.05, 4.69) is 22.6 Å². The second-order valence-corrected chi connectivity index (χ2v) is 5.31. The molecule has 1 rings (SSSR count). The van der Waals surface area contributed by atoms with Crippen LogP contribution in [0.5, 0.6) is 0 Å². The summed E-state index contributed by atoms with van der Waals surface area (Å²) in [5.74, 6) is 0.575. The van der Waals surface area contributed by atoms with Crippen LogP contribution < -0.4 is 0 Å². The van der Waals surface area contributed by atoms with Crippen molar-refractivity contribution in [3.8, 4) is 0 Å². The molecule has 2 atom stereocenters. The standard InChI is InChI=1S/C11H19IN2O2/c1-4-9(11(16)13(2)3)14-7-8(6-12)5-10(14)15/h8-9H,4-7H2,1-3H3/t8-,9+/m1/s1. The Kier molecular flexibility index (Phi) is 5.01. The highest BCUT2D eigenvalue weighted by molar-refractivity contribution is 14.1. The quantitative estimate of drug-likeness (QED) is 0.570. The Bertz CT molecular complexity index is 281. The lowest BCUT2D eigenvalue weighted by atomic mass is 10.1. The number of likely N-dealkylation sites (tertiary alicyclic amines) is 1. The van der Waals surface area contributed by atoms with Crippen molar-refractivity contribution in [1.29, 1.82) is 0 Å². The fraction of sp³-hybridized carbons (Fsp3) is 0.818. The van der Waals surface area contributed by atoms with E-state index >= 15 is 0 Å². The molecular formula is C11H19IN2O2. The maximum atomic E-state index is 11.9. The van der Waals surface area contributed by atoms with E-state index in [4.69, 9.17) is 0 Å². The molecular weight excluding hydrogens is 319 g/mol. The van der Waals surface area contributed by atoms with E-state index in [0.717, 1.165) is 11.0 Å². The van der Waals surface area contributed by atoms with E-state index in [0.29, 0.717) is 18.8 Å². The molecule has 0 saturated carbocycles. The minimum atomic E-state index is -0.268. The number of likely N-dealkylation sites (N-methyl/N-ethyl adjacent to an activating group) is 1. The fourth-order valence-corrected chi connectivity index (χ4v) is 2.63. The fourth-order valence-electron chi connectivity index (χ4n) is 2.04. The van der Waals surface area contributed by atoms with Gasteiger partial charge in [-0.15, -0.1) is 0 Å². The lowest BCUT2D eigenvalue weighted by Gasteiger charge is -2.28. The average Bonchev–Trinajstić information content (AvgIpc) is 2.61. The van der Waals surface area contributed by atoms with Crippen LogP contribution in [0.25, 0.3) is 0 Å². The largest absolute Gasteiger partial charge is 0.347 e. The summed E-state index contributed by atoms with van der Waals surface area (Å²) in [5.41, 5.74) is 0. The molecule has 2 amide bonds. The second-order valence-electron chi connectivity index (χ2n) is 4.43. The Morgan fingerprint density at radius 1 is 1.62 bits per heavy atom. The van der Waals surface area contributed by atoms with Crippen molar-refractivity contribution in [3.63, 3.8) is 0 Å². The summed E-state index contributed by atoms with van der Waals surface area (Å²) in [5, 5.41) is 0. The Balaban J connectivity index is 2.74. The molecule has 92 valence electrons. The van der Waals surface area contributed by atoms with Gasteiger partial charge >= 0.3 is 0 Å². The number of nitrogens with zero attached hydrogens (tertiary/aromatic N) is 2. The molecule has 1 heterocycles. The number of rotatable bonds is 4. The highest BCUT2D eigenvalue weighted by Gasteiger charge is 2.36. The molecule has 1 saturated heterocycles. The molecule has 16 heavy (non-hydrogen) atoms. The molecule has 0 unspecified atom stereocenters. The zero-order valence-corrected chi connectivity index (χ0v) is 12.2. The van der Waals surface area contributed by atoms with Crippen molar-refractivity contribution in [2.75, 3.05) is 25.1 Å². The van der Waals surface area contributed by atoms with Gasteiger partial charge in [0.2, 0.25) is 11.8 Å². The number of carbonyl (C=O) groups excluding carboxylic acids is 2. The number of halogens is 1. The Labute approximate surface area is 110 Å². The molecule has 0 aromatic rings. The van der Waals surface area contributed by atoms with Crippen molar-refractivity contribution in [3.05, 3.63) is 0 Å². The monoisotopic (exact) mass is 338 g/mol. The van der Waals surface area contributed by atoms with Crippen LogP contribution in [0.1, 0.15) is 19.8 Å². The van der Waals surface area contributed by atoms with Gasteiger partial charge in [0.25, 0.3) is 0 Å². The maximum Gasteiger partial charge on any atom is 0.244 e. The Morgan fingerprint density at radius 2 is 2.25 bits per heavy atom. The first-order chi connectivity index (χ1) is 7.51. The Hall–Kier alpha value is -0.330. The second kappa shape index (κ2) is 5.84. The minimum absolute atomic E-state index is 0.0324. The van der Waals surface area contributed by atoms with Gasteiger partial charge in [0.05, 0.1) is 0 Å². The van der Waals surface area contributed by atoms with Gasteiger partial charge in [0.15, 0.2) is 0 Å². The number of amides is 2. The van der Waals surface area contributed by atoms with Crippen LogP contribution >= 0.6 is 22.6 Å². The SMILES string of the molecule is CC[C@@H](C(=O)N(C)C)N1C[C@@H](CI)CC1=O. The van der Waals surface area contributed by atoms with Crippen LogP contribution in [-0.4, -0.2) is 52.7 Å². The lowest BCUT2D eigenvalue weighted by molar-refractivity contribution is -0.142. The predicted octanol–water partition coefficient (Wildman–Crippen LogP) is 1.14. The summed E-state index contributed by atoms with van der Waals surface area (Å²) in [6.07, 6.45) is 1.29. The van der Waals surface area contributed by atoms with E-state index in [-0.39, 0.29) is 17.9 Å². The number of alkyl halides is 1.